The summed E-state index contributed by atoms with van der Waals surface area (Å²) < 4.78 is 19.4. The number of aliphatic hydroxyl groups is 1. The van der Waals surface area contributed by atoms with Gasteiger partial charge in [0.05, 0.1) is 5.60 Å². The Balaban J connectivity index is 2.27. The summed E-state index contributed by atoms with van der Waals surface area (Å²) in [5, 5.41) is 10.9. The highest BCUT2D eigenvalue weighted by Gasteiger charge is 2.44. The number of aliphatic hydroxyl groups excluding tert-OH is 1. The second-order valence-corrected chi connectivity index (χ2v) is 7.07. The zero-order valence-corrected chi connectivity index (χ0v) is 13.6. The van der Waals surface area contributed by atoms with Crippen molar-refractivity contribution in [2.45, 2.75) is 65.1 Å². The van der Waals surface area contributed by atoms with Crippen LogP contribution in [0.3, 0.4) is 0 Å². The molecule has 0 heterocycles. The SMILES string of the molecule is CCOC1(C(O)c2ccc(F)c(C)c2)CCC(C)(C)CC1. The molecule has 0 radical (unpaired) electrons. The van der Waals surface area contributed by atoms with E-state index in [0.29, 0.717) is 17.6 Å². The van der Waals surface area contributed by atoms with E-state index in [1.165, 1.54) is 6.07 Å². The molecule has 1 aliphatic carbocycles. The zero-order valence-electron chi connectivity index (χ0n) is 13.6. The van der Waals surface area contributed by atoms with Gasteiger partial charge in [0.15, 0.2) is 0 Å². The Morgan fingerprint density at radius 1 is 1.24 bits per heavy atom. The minimum atomic E-state index is -0.701. The maximum Gasteiger partial charge on any atom is 0.126 e. The first-order chi connectivity index (χ1) is 9.80. The molecule has 118 valence electrons. The number of hydrogen-bond acceptors (Lipinski definition) is 2. The van der Waals surface area contributed by atoms with Gasteiger partial charge in [0.25, 0.3) is 0 Å². The number of halogens is 1. The van der Waals surface area contributed by atoms with Gasteiger partial charge in [0.1, 0.15) is 11.9 Å². The van der Waals surface area contributed by atoms with Crippen LogP contribution in [0, 0.1) is 18.2 Å². The van der Waals surface area contributed by atoms with E-state index in [9.17, 15) is 9.50 Å². The first-order valence-electron chi connectivity index (χ1n) is 7.88. The second-order valence-electron chi connectivity index (χ2n) is 7.07. The first kappa shape index (κ1) is 16.4. The van der Waals surface area contributed by atoms with Gasteiger partial charge in [0, 0.05) is 6.61 Å². The second kappa shape index (κ2) is 6.05. The van der Waals surface area contributed by atoms with E-state index in [2.05, 4.69) is 13.8 Å². The lowest BCUT2D eigenvalue weighted by Gasteiger charge is -2.46. The summed E-state index contributed by atoms with van der Waals surface area (Å²) in [5.74, 6) is -0.235. The van der Waals surface area contributed by atoms with E-state index in [1.807, 2.05) is 6.92 Å². The highest BCUT2D eigenvalue weighted by Crippen LogP contribution is 2.47. The molecule has 1 N–H and O–H groups in total. The van der Waals surface area contributed by atoms with Crippen molar-refractivity contribution in [2.75, 3.05) is 6.61 Å². The molecule has 1 aromatic carbocycles. The van der Waals surface area contributed by atoms with Crippen molar-refractivity contribution in [2.24, 2.45) is 5.41 Å². The molecule has 1 fully saturated rings. The summed E-state index contributed by atoms with van der Waals surface area (Å²) in [6.45, 7) is 8.79. The Morgan fingerprint density at radius 3 is 2.38 bits per heavy atom. The predicted molar refractivity (Wildman–Crippen MR) is 82.7 cm³/mol. The molecule has 0 amide bonds. The summed E-state index contributed by atoms with van der Waals surface area (Å²) >= 11 is 0. The van der Waals surface area contributed by atoms with E-state index in [0.717, 1.165) is 31.2 Å². The van der Waals surface area contributed by atoms with Crippen molar-refractivity contribution in [1.82, 2.24) is 0 Å². The molecule has 0 aliphatic heterocycles. The molecule has 1 atom stereocenters. The summed E-state index contributed by atoms with van der Waals surface area (Å²) in [5.41, 5.74) is 1.09. The molecule has 0 spiro atoms. The van der Waals surface area contributed by atoms with Crippen LogP contribution in [0.5, 0.6) is 0 Å². The summed E-state index contributed by atoms with van der Waals surface area (Å²) in [4.78, 5) is 0. The van der Waals surface area contributed by atoms with Crippen LogP contribution in [0.25, 0.3) is 0 Å². The molecule has 1 saturated carbocycles. The van der Waals surface area contributed by atoms with Gasteiger partial charge in [-0.2, -0.15) is 0 Å². The topological polar surface area (TPSA) is 29.5 Å². The minimum Gasteiger partial charge on any atom is -0.385 e. The monoisotopic (exact) mass is 294 g/mol. The number of hydrogen-bond donors (Lipinski definition) is 1. The predicted octanol–water partition coefficient (Wildman–Crippen LogP) is 4.54. The number of benzene rings is 1. The van der Waals surface area contributed by atoms with Crippen molar-refractivity contribution in [3.05, 3.63) is 35.1 Å². The molecule has 2 rings (SSSR count). The fourth-order valence-corrected chi connectivity index (χ4v) is 3.28. The Labute approximate surface area is 127 Å². The number of ether oxygens (including phenoxy) is 1. The lowest BCUT2D eigenvalue weighted by atomic mass is 9.68. The van der Waals surface area contributed by atoms with E-state index in [4.69, 9.17) is 4.74 Å². The summed E-state index contributed by atoms with van der Waals surface area (Å²) in [6, 6.07) is 4.84. The molecule has 3 heteroatoms. The molecule has 21 heavy (non-hydrogen) atoms. The molecule has 1 aliphatic rings. The van der Waals surface area contributed by atoms with Crippen LogP contribution in [0.2, 0.25) is 0 Å². The third-order valence-electron chi connectivity index (χ3n) is 4.88. The smallest absolute Gasteiger partial charge is 0.126 e. The average molecular weight is 294 g/mol. The van der Waals surface area contributed by atoms with Crippen LogP contribution in [0.4, 0.5) is 4.39 Å². The van der Waals surface area contributed by atoms with E-state index in [1.54, 1.807) is 19.1 Å². The Hall–Kier alpha value is -0.930. The third-order valence-corrected chi connectivity index (χ3v) is 4.88. The van der Waals surface area contributed by atoms with Crippen LogP contribution in [0.1, 0.15) is 63.7 Å². The van der Waals surface area contributed by atoms with E-state index < -0.39 is 11.7 Å². The standard InChI is InChI=1S/C18H27FO2/c1-5-21-18(10-8-17(3,4)9-11-18)16(20)14-6-7-15(19)13(2)12-14/h6-7,12,16,20H,5,8-11H2,1-4H3. The molecule has 1 aromatic rings. The Kier molecular flexibility index (Phi) is 4.74. The minimum absolute atomic E-state index is 0.235. The molecule has 1 unspecified atom stereocenters. The van der Waals surface area contributed by atoms with Crippen molar-refractivity contribution >= 4 is 0 Å². The van der Waals surface area contributed by atoms with Crippen molar-refractivity contribution < 1.29 is 14.2 Å². The fourth-order valence-electron chi connectivity index (χ4n) is 3.28. The largest absolute Gasteiger partial charge is 0.385 e. The highest BCUT2D eigenvalue weighted by molar-refractivity contribution is 5.27. The molecular formula is C18H27FO2. The normalized spacial score (nSPS) is 22.0. The molecule has 2 nitrogen and oxygen atoms in total. The van der Waals surface area contributed by atoms with Crippen LogP contribution in [0.15, 0.2) is 18.2 Å². The molecule has 0 bridgehead atoms. The first-order valence-corrected chi connectivity index (χ1v) is 7.88. The van der Waals surface area contributed by atoms with Gasteiger partial charge in [-0.1, -0.05) is 26.0 Å². The van der Waals surface area contributed by atoms with E-state index >= 15 is 0 Å². The van der Waals surface area contributed by atoms with Gasteiger partial charge < -0.3 is 9.84 Å². The van der Waals surface area contributed by atoms with Gasteiger partial charge in [-0.15, -0.1) is 0 Å². The van der Waals surface area contributed by atoms with Gasteiger partial charge in [-0.3, -0.25) is 0 Å². The van der Waals surface area contributed by atoms with E-state index in [-0.39, 0.29) is 5.82 Å². The highest BCUT2D eigenvalue weighted by atomic mass is 19.1. The van der Waals surface area contributed by atoms with Gasteiger partial charge in [0.2, 0.25) is 0 Å². The Bertz CT molecular complexity index is 486. The van der Waals surface area contributed by atoms with Crippen molar-refractivity contribution in [3.8, 4) is 0 Å². The summed E-state index contributed by atoms with van der Waals surface area (Å²) in [6.07, 6.45) is 3.04. The quantitative estimate of drug-likeness (QED) is 0.883. The van der Waals surface area contributed by atoms with Gasteiger partial charge in [-0.05, 0) is 62.1 Å². The van der Waals surface area contributed by atoms with Gasteiger partial charge in [-0.25, -0.2) is 4.39 Å². The van der Waals surface area contributed by atoms with Crippen LogP contribution < -0.4 is 0 Å². The maximum absolute atomic E-state index is 13.4. The lowest BCUT2D eigenvalue weighted by molar-refractivity contribution is -0.153. The zero-order chi connectivity index (χ0) is 15.7. The average Bonchev–Trinajstić information content (AvgIpc) is 2.44. The molecule has 0 saturated heterocycles. The van der Waals surface area contributed by atoms with Crippen LogP contribution in [-0.2, 0) is 4.74 Å². The van der Waals surface area contributed by atoms with Crippen molar-refractivity contribution in [3.63, 3.8) is 0 Å². The fraction of sp³-hybridized carbons (Fsp3) is 0.667. The van der Waals surface area contributed by atoms with Crippen LogP contribution >= 0.6 is 0 Å². The number of rotatable bonds is 4. The molecular weight excluding hydrogens is 267 g/mol. The molecule has 0 aromatic heterocycles. The lowest BCUT2D eigenvalue weighted by Crippen LogP contribution is -2.44. The van der Waals surface area contributed by atoms with Crippen LogP contribution in [-0.4, -0.2) is 17.3 Å². The third kappa shape index (κ3) is 3.46. The van der Waals surface area contributed by atoms with Crippen molar-refractivity contribution in [1.29, 1.82) is 0 Å². The summed E-state index contributed by atoms with van der Waals surface area (Å²) in [7, 11) is 0. The number of aryl methyl sites for hydroxylation is 1. The maximum atomic E-state index is 13.4. The Morgan fingerprint density at radius 2 is 1.86 bits per heavy atom. The van der Waals surface area contributed by atoms with Gasteiger partial charge >= 0.3 is 0 Å².